The van der Waals surface area contributed by atoms with E-state index < -0.39 is 11.0 Å². The van der Waals surface area contributed by atoms with Crippen LogP contribution >= 0.6 is 0 Å². The number of benzene rings is 1. The molecule has 0 unspecified atom stereocenters. The monoisotopic (exact) mass is 279 g/mol. The van der Waals surface area contributed by atoms with Crippen LogP contribution in [0, 0.1) is 16.0 Å². The quantitative estimate of drug-likeness (QED) is 0.585. The normalized spacial score (nSPS) is 13.6. The molecule has 6 nitrogen and oxygen atoms in total. The Balaban J connectivity index is 2.40. The molecule has 0 saturated heterocycles. The van der Waals surface area contributed by atoms with Crippen LogP contribution in [0.25, 0.3) is 0 Å². The summed E-state index contributed by atoms with van der Waals surface area (Å²) in [4.78, 5) is 21.8. The molecule has 20 heavy (non-hydrogen) atoms. The average molecular weight is 279 g/mol. The zero-order valence-corrected chi connectivity index (χ0v) is 11.8. The molecule has 0 aliphatic rings. The van der Waals surface area contributed by atoms with Crippen molar-refractivity contribution in [3.05, 3.63) is 39.9 Å². The number of hydrogen-bond acceptors (Lipinski definition) is 4. The summed E-state index contributed by atoms with van der Waals surface area (Å²) in [7, 11) is 0. The summed E-state index contributed by atoms with van der Waals surface area (Å²) in [6.45, 7) is 4.41. The highest BCUT2D eigenvalue weighted by atomic mass is 16.6. The molecule has 0 aliphatic heterocycles. The SMILES string of the molecule is CC[C@H](C)[C@H](N)C(=O)NCCc1ccc([N+](=O)[O-])cc1. The third kappa shape index (κ3) is 4.62. The maximum absolute atomic E-state index is 11.8. The summed E-state index contributed by atoms with van der Waals surface area (Å²) >= 11 is 0. The molecule has 0 aliphatic carbocycles. The molecule has 0 fully saturated rings. The van der Waals surface area contributed by atoms with E-state index in [2.05, 4.69) is 5.32 Å². The van der Waals surface area contributed by atoms with Gasteiger partial charge in [0.25, 0.3) is 5.69 Å². The van der Waals surface area contributed by atoms with Crippen molar-refractivity contribution < 1.29 is 9.72 Å². The lowest BCUT2D eigenvalue weighted by atomic mass is 9.99. The van der Waals surface area contributed by atoms with Crippen molar-refractivity contribution in [1.29, 1.82) is 0 Å². The lowest BCUT2D eigenvalue weighted by molar-refractivity contribution is -0.384. The molecule has 0 saturated carbocycles. The van der Waals surface area contributed by atoms with Crippen molar-refractivity contribution in [1.82, 2.24) is 5.32 Å². The van der Waals surface area contributed by atoms with E-state index in [0.717, 1.165) is 12.0 Å². The Kier molecular flexibility index (Phi) is 6.11. The molecule has 0 spiro atoms. The first-order valence-electron chi connectivity index (χ1n) is 6.72. The topological polar surface area (TPSA) is 98.3 Å². The van der Waals surface area contributed by atoms with Gasteiger partial charge in [-0.2, -0.15) is 0 Å². The summed E-state index contributed by atoms with van der Waals surface area (Å²) in [6.07, 6.45) is 1.48. The van der Waals surface area contributed by atoms with Gasteiger partial charge in [-0.3, -0.25) is 14.9 Å². The van der Waals surface area contributed by atoms with Gasteiger partial charge in [0.2, 0.25) is 5.91 Å². The van der Waals surface area contributed by atoms with Crippen LogP contribution in [0.2, 0.25) is 0 Å². The molecule has 1 aromatic carbocycles. The highest BCUT2D eigenvalue weighted by molar-refractivity contribution is 5.81. The third-order valence-electron chi connectivity index (χ3n) is 3.42. The number of nitrogens with two attached hydrogens (primary N) is 1. The van der Waals surface area contributed by atoms with Gasteiger partial charge in [-0.15, -0.1) is 0 Å². The first-order valence-corrected chi connectivity index (χ1v) is 6.72. The van der Waals surface area contributed by atoms with E-state index in [1.54, 1.807) is 12.1 Å². The number of carbonyl (C=O) groups excluding carboxylic acids is 1. The number of rotatable bonds is 7. The first-order chi connectivity index (χ1) is 9.45. The zero-order valence-electron chi connectivity index (χ0n) is 11.8. The second kappa shape index (κ2) is 7.59. The molecule has 0 bridgehead atoms. The Labute approximate surface area is 118 Å². The minimum absolute atomic E-state index is 0.0663. The van der Waals surface area contributed by atoms with E-state index in [1.807, 2.05) is 13.8 Å². The molecule has 1 aromatic rings. The molecule has 0 heterocycles. The highest BCUT2D eigenvalue weighted by Crippen LogP contribution is 2.12. The molecular formula is C14H21N3O3. The van der Waals surface area contributed by atoms with E-state index in [4.69, 9.17) is 5.73 Å². The highest BCUT2D eigenvalue weighted by Gasteiger charge is 2.18. The summed E-state index contributed by atoms with van der Waals surface area (Å²) < 4.78 is 0. The summed E-state index contributed by atoms with van der Waals surface area (Å²) in [5.41, 5.74) is 6.82. The molecule has 2 atom stereocenters. The number of nitro benzene ring substituents is 1. The second-order valence-electron chi connectivity index (χ2n) is 4.88. The average Bonchev–Trinajstić information content (AvgIpc) is 2.45. The lowest BCUT2D eigenvalue weighted by Gasteiger charge is -2.17. The van der Waals surface area contributed by atoms with Crippen LogP contribution < -0.4 is 11.1 Å². The summed E-state index contributed by atoms with van der Waals surface area (Å²) in [6, 6.07) is 5.82. The number of hydrogen-bond donors (Lipinski definition) is 2. The Bertz CT molecular complexity index is 459. The number of nitrogens with one attached hydrogen (secondary N) is 1. The fourth-order valence-electron chi connectivity index (χ4n) is 1.74. The van der Waals surface area contributed by atoms with Gasteiger partial charge in [-0.25, -0.2) is 0 Å². The number of nitro groups is 1. The van der Waals surface area contributed by atoms with Crippen LogP contribution in [0.5, 0.6) is 0 Å². The molecular weight excluding hydrogens is 258 g/mol. The van der Waals surface area contributed by atoms with Crippen LogP contribution in [0.3, 0.4) is 0 Å². The Morgan fingerprint density at radius 2 is 2.00 bits per heavy atom. The van der Waals surface area contributed by atoms with Crippen molar-refractivity contribution in [2.24, 2.45) is 11.7 Å². The number of non-ortho nitro benzene ring substituents is 1. The number of amides is 1. The van der Waals surface area contributed by atoms with E-state index >= 15 is 0 Å². The Morgan fingerprint density at radius 1 is 1.40 bits per heavy atom. The predicted octanol–water partition coefficient (Wildman–Crippen LogP) is 1.63. The van der Waals surface area contributed by atoms with E-state index in [0.29, 0.717) is 13.0 Å². The predicted molar refractivity (Wildman–Crippen MR) is 77.2 cm³/mol. The van der Waals surface area contributed by atoms with Crippen molar-refractivity contribution in [2.45, 2.75) is 32.7 Å². The third-order valence-corrected chi connectivity index (χ3v) is 3.42. The fraction of sp³-hybridized carbons (Fsp3) is 0.500. The largest absolute Gasteiger partial charge is 0.354 e. The van der Waals surface area contributed by atoms with Crippen LogP contribution in [-0.2, 0) is 11.2 Å². The van der Waals surface area contributed by atoms with E-state index in [9.17, 15) is 14.9 Å². The van der Waals surface area contributed by atoms with Crippen LogP contribution in [0.15, 0.2) is 24.3 Å². The Hall–Kier alpha value is -1.95. The van der Waals surface area contributed by atoms with Crippen LogP contribution in [-0.4, -0.2) is 23.4 Å². The van der Waals surface area contributed by atoms with Gasteiger partial charge in [0.1, 0.15) is 0 Å². The lowest BCUT2D eigenvalue weighted by Crippen LogP contribution is -2.45. The zero-order chi connectivity index (χ0) is 15.1. The minimum Gasteiger partial charge on any atom is -0.354 e. The van der Waals surface area contributed by atoms with Crippen molar-refractivity contribution in [3.63, 3.8) is 0 Å². The van der Waals surface area contributed by atoms with Gasteiger partial charge < -0.3 is 11.1 Å². The van der Waals surface area contributed by atoms with Crippen LogP contribution in [0.4, 0.5) is 5.69 Å². The van der Waals surface area contributed by atoms with E-state index in [-0.39, 0.29) is 17.5 Å². The summed E-state index contributed by atoms with van der Waals surface area (Å²) in [5, 5.41) is 13.3. The minimum atomic E-state index is -0.489. The van der Waals surface area contributed by atoms with Crippen molar-refractivity contribution in [2.75, 3.05) is 6.54 Å². The molecule has 0 aromatic heterocycles. The van der Waals surface area contributed by atoms with Crippen LogP contribution in [0.1, 0.15) is 25.8 Å². The first kappa shape index (κ1) is 16.1. The van der Waals surface area contributed by atoms with Gasteiger partial charge in [-0.05, 0) is 17.9 Å². The molecule has 1 rings (SSSR count). The number of carbonyl (C=O) groups is 1. The maximum Gasteiger partial charge on any atom is 0.269 e. The molecule has 110 valence electrons. The summed E-state index contributed by atoms with van der Waals surface area (Å²) in [5.74, 6) is -0.00404. The van der Waals surface area contributed by atoms with Gasteiger partial charge in [-0.1, -0.05) is 32.4 Å². The Morgan fingerprint density at radius 3 is 2.50 bits per heavy atom. The van der Waals surface area contributed by atoms with Gasteiger partial charge in [0.05, 0.1) is 11.0 Å². The maximum atomic E-state index is 11.8. The second-order valence-corrected chi connectivity index (χ2v) is 4.88. The molecule has 0 radical (unpaired) electrons. The molecule has 6 heteroatoms. The fourth-order valence-corrected chi connectivity index (χ4v) is 1.74. The van der Waals surface area contributed by atoms with Crippen molar-refractivity contribution >= 4 is 11.6 Å². The number of nitrogens with zero attached hydrogens (tertiary/aromatic N) is 1. The van der Waals surface area contributed by atoms with Gasteiger partial charge in [0, 0.05) is 18.7 Å². The van der Waals surface area contributed by atoms with Gasteiger partial charge >= 0.3 is 0 Å². The molecule has 3 N–H and O–H groups in total. The van der Waals surface area contributed by atoms with Crippen molar-refractivity contribution in [3.8, 4) is 0 Å². The van der Waals surface area contributed by atoms with E-state index in [1.165, 1.54) is 12.1 Å². The molecule has 1 amide bonds. The smallest absolute Gasteiger partial charge is 0.269 e. The standard InChI is InChI=1S/C14H21N3O3/c1-3-10(2)13(15)14(18)16-9-8-11-4-6-12(7-5-11)17(19)20/h4-7,10,13H,3,8-9,15H2,1-2H3,(H,16,18)/t10-,13-/m0/s1. The van der Waals surface area contributed by atoms with Gasteiger partial charge in [0.15, 0.2) is 0 Å².